The van der Waals surface area contributed by atoms with Gasteiger partial charge in [-0.15, -0.1) is 0 Å². The number of allylic oxidation sites excluding steroid dienone is 1. The number of nitrogens with one attached hydrogen (secondary N) is 5. The highest BCUT2D eigenvalue weighted by atomic mass is 16.5. The fraction of sp³-hybridized carbons (Fsp3) is 0.480. The van der Waals surface area contributed by atoms with Crippen molar-refractivity contribution in [1.82, 2.24) is 15.5 Å². The Balaban J connectivity index is 1.90. The molecule has 178 valence electrons. The zero-order valence-electron chi connectivity index (χ0n) is 20.0. The molecule has 2 aliphatic heterocycles. The molecular formula is C25H36N6O2. The molecule has 2 aliphatic rings. The van der Waals surface area contributed by atoms with Crippen molar-refractivity contribution in [3.8, 4) is 0 Å². The van der Waals surface area contributed by atoms with Crippen LogP contribution in [0.15, 0.2) is 35.7 Å². The molecule has 8 nitrogen and oxygen atoms in total. The van der Waals surface area contributed by atoms with Gasteiger partial charge in [-0.1, -0.05) is 19.9 Å². The third-order valence-corrected chi connectivity index (χ3v) is 6.12. The molecule has 0 aliphatic carbocycles. The minimum absolute atomic E-state index is 0.0197. The topological polar surface area (TPSA) is 113 Å². The fourth-order valence-electron chi connectivity index (χ4n) is 4.22. The summed E-state index contributed by atoms with van der Waals surface area (Å²) in [4.78, 5) is 13.8. The van der Waals surface area contributed by atoms with Crippen LogP contribution in [0, 0.1) is 10.8 Å². The van der Waals surface area contributed by atoms with Crippen molar-refractivity contribution >= 4 is 29.2 Å². The van der Waals surface area contributed by atoms with Crippen LogP contribution in [0.2, 0.25) is 0 Å². The molecule has 0 saturated carbocycles. The third kappa shape index (κ3) is 6.01. The maximum Gasteiger partial charge on any atom is 0.219 e. The average Bonchev–Trinajstić information content (AvgIpc) is 3.30. The van der Waals surface area contributed by atoms with Gasteiger partial charge in [0.15, 0.2) is 0 Å². The minimum atomic E-state index is 0.0197. The first kappa shape index (κ1) is 24.5. The Kier molecular flexibility index (Phi) is 8.27. The Morgan fingerprint density at radius 2 is 2.12 bits per heavy atom. The number of hydrogen-bond acceptors (Lipinski definition) is 6. The zero-order valence-corrected chi connectivity index (χ0v) is 20.0. The summed E-state index contributed by atoms with van der Waals surface area (Å²) < 4.78 is 5.50. The number of carbonyl (C=O) groups is 1. The smallest absolute Gasteiger partial charge is 0.219 e. The summed E-state index contributed by atoms with van der Waals surface area (Å²) in [5.74, 6) is 0.547. The van der Waals surface area contributed by atoms with Crippen LogP contribution in [-0.2, 0) is 9.53 Å². The van der Waals surface area contributed by atoms with Gasteiger partial charge in [0.1, 0.15) is 5.84 Å². The molecule has 1 aromatic rings. The summed E-state index contributed by atoms with van der Waals surface area (Å²) >= 11 is 0. The van der Waals surface area contributed by atoms with Gasteiger partial charge >= 0.3 is 0 Å². The molecule has 1 saturated heterocycles. The van der Waals surface area contributed by atoms with Crippen LogP contribution < -0.4 is 16.0 Å². The van der Waals surface area contributed by atoms with E-state index in [0.29, 0.717) is 32.0 Å². The van der Waals surface area contributed by atoms with Crippen LogP contribution in [0.3, 0.4) is 0 Å². The summed E-state index contributed by atoms with van der Waals surface area (Å²) in [5.41, 5.74) is 5.51. The Morgan fingerprint density at radius 3 is 2.73 bits per heavy atom. The molecule has 1 unspecified atom stereocenters. The summed E-state index contributed by atoms with van der Waals surface area (Å²) in [6.45, 7) is 8.29. The molecular weight excluding hydrogens is 416 g/mol. The summed E-state index contributed by atoms with van der Waals surface area (Å²) in [6, 6.07) is 6.24. The van der Waals surface area contributed by atoms with Crippen LogP contribution in [0.1, 0.15) is 50.7 Å². The van der Waals surface area contributed by atoms with Crippen molar-refractivity contribution in [1.29, 1.82) is 10.8 Å². The SMILES string of the molecule is CN/C=C(\C=N)c1ccc(NC(=N)C2=C(NC3CCOC3)CCN(C(C)=O)C2)c(C(C)C)c1. The molecule has 1 amide bonds. The van der Waals surface area contributed by atoms with Gasteiger partial charge < -0.3 is 31.0 Å². The number of nitrogens with zero attached hydrogens (tertiary/aromatic N) is 1. The number of benzene rings is 1. The van der Waals surface area contributed by atoms with Crippen LogP contribution >= 0.6 is 0 Å². The van der Waals surface area contributed by atoms with E-state index >= 15 is 0 Å². The molecule has 1 atom stereocenters. The van der Waals surface area contributed by atoms with E-state index in [1.165, 1.54) is 6.21 Å². The second-order valence-corrected chi connectivity index (χ2v) is 8.84. The molecule has 0 radical (unpaired) electrons. The highest BCUT2D eigenvalue weighted by Gasteiger charge is 2.26. The Bertz CT molecular complexity index is 960. The Hall–Kier alpha value is -3.13. The molecule has 1 fully saturated rings. The van der Waals surface area contributed by atoms with Crippen molar-refractivity contribution in [3.63, 3.8) is 0 Å². The number of anilines is 1. The average molecular weight is 453 g/mol. The van der Waals surface area contributed by atoms with Crippen LogP contribution in [0.25, 0.3) is 5.57 Å². The molecule has 1 aromatic carbocycles. The lowest BCUT2D eigenvalue weighted by Crippen LogP contribution is -2.42. The molecule has 3 rings (SSSR count). The van der Waals surface area contributed by atoms with Crippen molar-refractivity contribution in [2.45, 2.75) is 45.6 Å². The van der Waals surface area contributed by atoms with E-state index in [9.17, 15) is 4.79 Å². The summed E-state index contributed by atoms with van der Waals surface area (Å²) in [7, 11) is 1.82. The number of ether oxygens (including phenoxy) is 1. The largest absolute Gasteiger partial charge is 0.393 e. The number of amides is 1. The van der Waals surface area contributed by atoms with Gasteiger partial charge in [-0.25, -0.2) is 0 Å². The lowest BCUT2D eigenvalue weighted by atomic mass is 9.95. The Morgan fingerprint density at radius 1 is 1.33 bits per heavy atom. The Labute approximate surface area is 196 Å². The molecule has 8 heteroatoms. The van der Waals surface area contributed by atoms with Gasteiger partial charge in [0.2, 0.25) is 5.91 Å². The van der Waals surface area contributed by atoms with E-state index in [0.717, 1.165) is 46.7 Å². The van der Waals surface area contributed by atoms with Crippen molar-refractivity contribution in [2.24, 2.45) is 0 Å². The quantitative estimate of drug-likeness (QED) is 0.307. The van der Waals surface area contributed by atoms with Gasteiger partial charge in [-0.2, -0.15) is 0 Å². The van der Waals surface area contributed by atoms with E-state index in [-0.39, 0.29) is 17.9 Å². The van der Waals surface area contributed by atoms with E-state index in [1.54, 1.807) is 18.0 Å². The van der Waals surface area contributed by atoms with Crippen LogP contribution in [-0.4, -0.2) is 62.3 Å². The summed E-state index contributed by atoms with van der Waals surface area (Å²) in [5, 5.41) is 26.5. The summed E-state index contributed by atoms with van der Waals surface area (Å²) in [6.07, 6.45) is 4.78. The normalized spacial score (nSPS) is 19.0. The van der Waals surface area contributed by atoms with Crippen molar-refractivity contribution < 1.29 is 9.53 Å². The van der Waals surface area contributed by atoms with Gasteiger partial charge in [0.25, 0.3) is 0 Å². The number of rotatable bonds is 8. The predicted octanol–water partition coefficient (Wildman–Crippen LogP) is 3.29. The molecule has 0 aromatic heterocycles. The monoisotopic (exact) mass is 452 g/mol. The molecule has 5 N–H and O–H groups in total. The van der Waals surface area contributed by atoms with Crippen LogP contribution in [0.4, 0.5) is 5.69 Å². The lowest BCUT2D eigenvalue weighted by molar-refractivity contribution is -0.128. The maximum atomic E-state index is 12.0. The highest BCUT2D eigenvalue weighted by molar-refractivity contribution is 6.09. The van der Waals surface area contributed by atoms with Gasteiger partial charge in [-0.05, 0) is 35.6 Å². The standard InChI is InChI=1S/C25H36N6O2/c1-16(2)21-11-18(19(12-26)13-28-4)5-6-23(21)30-25(27)22-14-31(17(3)32)9-7-24(22)29-20-8-10-33-15-20/h5-6,11-13,16,20,26,28-29H,7-10,14-15H2,1-4H3,(H2,27,30)/b19-13+,26-12?. The molecule has 33 heavy (non-hydrogen) atoms. The first-order valence-electron chi connectivity index (χ1n) is 11.5. The van der Waals surface area contributed by atoms with E-state index < -0.39 is 0 Å². The van der Waals surface area contributed by atoms with E-state index in [4.69, 9.17) is 15.6 Å². The van der Waals surface area contributed by atoms with E-state index in [1.807, 2.05) is 19.2 Å². The third-order valence-electron chi connectivity index (χ3n) is 6.12. The van der Waals surface area contributed by atoms with Crippen molar-refractivity contribution in [2.75, 3.05) is 38.7 Å². The highest BCUT2D eigenvalue weighted by Crippen LogP contribution is 2.29. The van der Waals surface area contributed by atoms with Gasteiger partial charge in [0, 0.05) is 68.5 Å². The van der Waals surface area contributed by atoms with Crippen LogP contribution in [0.5, 0.6) is 0 Å². The predicted molar refractivity (Wildman–Crippen MR) is 134 cm³/mol. The lowest BCUT2D eigenvalue weighted by Gasteiger charge is -2.32. The molecule has 0 spiro atoms. The first-order valence-corrected chi connectivity index (χ1v) is 11.5. The van der Waals surface area contributed by atoms with E-state index in [2.05, 4.69) is 35.9 Å². The van der Waals surface area contributed by atoms with Crippen molar-refractivity contribution in [3.05, 3.63) is 46.8 Å². The second kappa shape index (κ2) is 11.1. The zero-order chi connectivity index (χ0) is 24.0. The van der Waals surface area contributed by atoms with Gasteiger partial charge in [-0.3, -0.25) is 10.2 Å². The minimum Gasteiger partial charge on any atom is -0.393 e. The number of amidine groups is 1. The maximum absolute atomic E-state index is 12.0. The van der Waals surface area contributed by atoms with Gasteiger partial charge in [0.05, 0.1) is 19.2 Å². The first-order chi connectivity index (χ1) is 15.8. The fourth-order valence-corrected chi connectivity index (χ4v) is 4.22. The number of carbonyl (C=O) groups excluding carboxylic acids is 1. The molecule has 2 heterocycles. The number of hydrogen-bond donors (Lipinski definition) is 5. The molecule has 0 bridgehead atoms. The second-order valence-electron chi connectivity index (χ2n) is 8.84.